The van der Waals surface area contributed by atoms with Crippen LogP contribution in [0.25, 0.3) is 0 Å². The van der Waals surface area contributed by atoms with Crippen LogP contribution in [0.5, 0.6) is 5.75 Å². The first-order chi connectivity index (χ1) is 27.4. The number of aryl methyl sites for hydroxylation is 2. The van der Waals surface area contributed by atoms with E-state index in [0.29, 0.717) is 28.7 Å². The van der Waals surface area contributed by atoms with Gasteiger partial charge in [0.05, 0.1) is 30.2 Å². The molecule has 8 rings (SSSR count). The van der Waals surface area contributed by atoms with Crippen molar-refractivity contribution in [3.63, 3.8) is 0 Å². The molecule has 0 saturated carbocycles. The third-order valence-electron chi connectivity index (χ3n) is 12.2. The fraction of sp³-hybridized carbons (Fsp3) is 0.277. The Labute approximate surface area is 336 Å². The van der Waals surface area contributed by atoms with Gasteiger partial charge in [0, 0.05) is 11.4 Å². The molecule has 4 atom stereocenters. The molecule has 57 heavy (non-hydrogen) atoms. The molecule has 290 valence electrons. The monoisotopic (exact) mass is 776 g/mol. The SMILES string of the molecule is Cc1cc([C@@H]2C[C@@H]3C(=C(CO[Si](c4ccccc4)(c4ccccc4)C(C)(C)C)C[C@@H]4C(=O)N(c5ccc(Nc6ccccc6)cc5)C(=O)[C@@H]43)B(O)O2)cc(C)c1O. The summed E-state index contributed by atoms with van der Waals surface area (Å²) in [4.78, 5) is 30.7. The summed E-state index contributed by atoms with van der Waals surface area (Å²) < 4.78 is 13.8. The molecule has 0 aromatic heterocycles. The number of carbonyl (C=O) groups excluding carboxylic acids is 2. The van der Waals surface area contributed by atoms with Crippen LogP contribution in [-0.2, 0) is 18.7 Å². The summed E-state index contributed by atoms with van der Waals surface area (Å²) >= 11 is 0. The number of fused-ring (bicyclic) bond motifs is 3. The van der Waals surface area contributed by atoms with Crippen LogP contribution in [0.3, 0.4) is 0 Å². The molecular formula is C47H49BN2O6Si. The van der Waals surface area contributed by atoms with E-state index in [9.17, 15) is 19.7 Å². The molecule has 1 aliphatic carbocycles. The number of nitrogens with one attached hydrogen (secondary N) is 1. The van der Waals surface area contributed by atoms with Crippen LogP contribution >= 0.6 is 0 Å². The number of imide groups is 1. The maximum Gasteiger partial charge on any atom is 0.487 e. The fourth-order valence-electron chi connectivity index (χ4n) is 9.53. The van der Waals surface area contributed by atoms with E-state index in [1.54, 1.807) is 0 Å². The zero-order chi connectivity index (χ0) is 40.1. The summed E-state index contributed by atoms with van der Waals surface area (Å²) in [5.74, 6) is -2.11. The Morgan fingerprint density at radius 2 is 1.33 bits per heavy atom. The number of rotatable bonds is 9. The molecule has 5 aromatic rings. The number of allylic oxidation sites excluding steroid dienone is 1. The maximum atomic E-state index is 14.7. The quantitative estimate of drug-likeness (QED) is 0.103. The third kappa shape index (κ3) is 6.95. The minimum absolute atomic E-state index is 0.173. The Morgan fingerprint density at radius 3 is 1.89 bits per heavy atom. The van der Waals surface area contributed by atoms with Crippen molar-refractivity contribution in [2.45, 2.75) is 58.6 Å². The van der Waals surface area contributed by atoms with E-state index in [-0.39, 0.29) is 35.6 Å². The van der Waals surface area contributed by atoms with Gasteiger partial charge < -0.3 is 24.5 Å². The standard InChI is InChI=1S/C47H49BN2O6Si/c1-30-25-32(26-31(2)44(30)51)41-28-39-42-40(45(52)50(46(42)53)36-23-21-35(22-24-36)49-34-15-9-6-10-16-34)27-33(43(39)48(54)56-41)29-55-57(47(3,4)5,37-17-11-7-12-18-37)38-19-13-8-14-20-38/h6-26,39-42,49,51,54H,27-29H2,1-5H3/t39-,40-,41-,42+/m0/s1. The molecule has 2 aliphatic heterocycles. The van der Waals surface area contributed by atoms with E-state index in [1.807, 2.05) is 117 Å². The molecule has 2 fully saturated rings. The second kappa shape index (κ2) is 15.2. The Morgan fingerprint density at radius 1 is 0.789 bits per heavy atom. The summed E-state index contributed by atoms with van der Waals surface area (Å²) in [6, 6.07) is 41.7. The van der Waals surface area contributed by atoms with E-state index in [0.717, 1.165) is 32.9 Å². The molecule has 3 aliphatic rings. The summed E-state index contributed by atoms with van der Waals surface area (Å²) in [6.45, 7) is 10.5. The average molecular weight is 777 g/mol. The van der Waals surface area contributed by atoms with Crippen molar-refractivity contribution in [1.29, 1.82) is 0 Å². The fourth-order valence-corrected chi connectivity index (χ4v) is 14.1. The molecule has 10 heteroatoms. The van der Waals surface area contributed by atoms with Gasteiger partial charge in [0.15, 0.2) is 0 Å². The number of carbonyl (C=O) groups is 2. The van der Waals surface area contributed by atoms with Gasteiger partial charge in [-0.2, -0.15) is 0 Å². The van der Waals surface area contributed by atoms with Crippen LogP contribution in [0.1, 0.15) is 56.4 Å². The largest absolute Gasteiger partial charge is 0.507 e. The third-order valence-corrected chi connectivity index (χ3v) is 17.1. The highest BCUT2D eigenvalue weighted by Gasteiger charge is 2.59. The zero-order valence-electron chi connectivity index (χ0n) is 33.1. The van der Waals surface area contributed by atoms with Crippen molar-refractivity contribution in [1.82, 2.24) is 0 Å². The van der Waals surface area contributed by atoms with Crippen LogP contribution in [0, 0.1) is 31.6 Å². The van der Waals surface area contributed by atoms with E-state index in [2.05, 4.69) is 50.4 Å². The van der Waals surface area contributed by atoms with Gasteiger partial charge in [-0.25, -0.2) is 0 Å². The lowest BCUT2D eigenvalue weighted by molar-refractivity contribution is -0.123. The van der Waals surface area contributed by atoms with E-state index in [1.165, 1.54) is 4.90 Å². The highest BCUT2D eigenvalue weighted by Crippen LogP contribution is 2.53. The van der Waals surface area contributed by atoms with Gasteiger partial charge in [-0.05, 0) is 124 Å². The topological polar surface area (TPSA) is 108 Å². The van der Waals surface area contributed by atoms with Crippen LogP contribution in [0.2, 0.25) is 5.04 Å². The molecule has 8 nitrogen and oxygen atoms in total. The van der Waals surface area contributed by atoms with Crippen LogP contribution in [-0.4, -0.2) is 44.0 Å². The number of amides is 2. The van der Waals surface area contributed by atoms with E-state index < -0.39 is 39.3 Å². The minimum atomic E-state index is -3.01. The van der Waals surface area contributed by atoms with Gasteiger partial charge in [-0.15, -0.1) is 0 Å². The molecule has 2 saturated heterocycles. The van der Waals surface area contributed by atoms with Crippen molar-refractivity contribution in [3.8, 4) is 5.75 Å². The van der Waals surface area contributed by atoms with Crippen LogP contribution < -0.4 is 20.6 Å². The number of para-hydroxylation sites is 1. The number of hydrogen-bond donors (Lipinski definition) is 3. The molecule has 2 amide bonds. The number of anilines is 3. The first kappa shape index (κ1) is 38.6. The minimum Gasteiger partial charge on any atom is -0.507 e. The van der Waals surface area contributed by atoms with Crippen molar-refractivity contribution in [3.05, 3.63) is 155 Å². The molecule has 2 heterocycles. The smallest absolute Gasteiger partial charge is 0.487 e. The van der Waals surface area contributed by atoms with Crippen molar-refractivity contribution in [2.24, 2.45) is 17.8 Å². The number of nitrogens with zero attached hydrogens (tertiary/aromatic N) is 1. The summed E-state index contributed by atoms with van der Waals surface area (Å²) in [6.07, 6.45) is 0.0863. The Kier molecular flexibility index (Phi) is 10.3. The van der Waals surface area contributed by atoms with Gasteiger partial charge in [0.25, 0.3) is 8.32 Å². The molecule has 5 aromatic carbocycles. The van der Waals surface area contributed by atoms with Crippen molar-refractivity contribution >= 4 is 54.7 Å². The number of phenolic OH excluding ortho intramolecular Hbond substituents is 1. The van der Waals surface area contributed by atoms with Gasteiger partial charge in [-0.1, -0.05) is 99.6 Å². The molecule has 0 unspecified atom stereocenters. The lowest BCUT2D eigenvalue weighted by Gasteiger charge is -2.45. The molecule has 3 N–H and O–H groups in total. The Balaban J connectivity index is 1.18. The lowest BCUT2D eigenvalue weighted by atomic mass is 9.55. The molecular weight excluding hydrogens is 727 g/mol. The average Bonchev–Trinajstić information content (AvgIpc) is 3.46. The molecule has 0 spiro atoms. The lowest BCUT2D eigenvalue weighted by Crippen LogP contribution is -2.66. The first-order valence-electron chi connectivity index (χ1n) is 19.8. The van der Waals surface area contributed by atoms with Crippen LogP contribution in [0.4, 0.5) is 17.1 Å². The maximum absolute atomic E-state index is 14.7. The normalized spacial score (nSPS) is 21.1. The predicted octanol–water partition coefficient (Wildman–Crippen LogP) is 7.93. The molecule has 0 bridgehead atoms. The summed E-state index contributed by atoms with van der Waals surface area (Å²) in [7, 11) is -4.33. The van der Waals surface area contributed by atoms with E-state index in [4.69, 9.17) is 9.08 Å². The Hall–Kier alpha value is -5.26. The second-order valence-corrected chi connectivity index (χ2v) is 21.0. The summed E-state index contributed by atoms with van der Waals surface area (Å²) in [5, 5.41) is 27.9. The number of benzene rings is 5. The van der Waals surface area contributed by atoms with E-state index >= 15 is 0 Å². The number of phenols is 1. The van der Waals surface area contributed by atoms with Gasteiger partial charge >= 0.3 is 7.12 Å². The highest BCUT2D eigenvalue weighted by atomic mass is 28.4. The predicted molar refractivity (Wildman–Crippen MR) is 228 cm³/mol. The number of aromatic hydroxyl groups is 1. The summed E-state index contributed by atoms with van der Waals surface area (Å²) in [5.41, 5.74) is 5.95. The van der Waals surface area contributed by atoms with Crippen molar-refractivity contribution in [2.75, 3.05) is 16.8 Å². The highest BCUT2D eigenvalue weighted by molar-refractivity contribution is 6.99. The second-order valence-electron chi connectivity index (χ2n) is 16.7. The first-order valence-corrected chi connectivity index (χ1v) is 21.7. The number of hydrogen-bond acceptors (Lipinski definition) is 7. The van der Waals surface area contributed by atoms with Gasteiger partial charge in [-0.3, -0.25) is 14.5 Å². The van der Waals surface area contributed by atoms with Gasteiger partial charge in [0.1, 0.15) is 5.75 Å². The van der Waals surface area contributed by atoms with Crippen LogP contribution in [0.15, 0.2) is 138 Å². The Bertz CT molecular complexity index is 2250. The van der Waals surface area contributed by atoms with Crippen molar-refractivity contribution < 1.29 is 28.8 Å². The van der Waals surface area contributed by atoms with Gasteiger partial charge in [0.2, 0.25) is 11.8 Å². The molecule has 0 radical (unpaired) electrons. The zero-order valence-corrected chi connectivity index (χ0v) is 34.1.